The van der Waals surface area contributed by atoms with Crippen LogP contribution in [0.25, 0.3) is 11.1 Å². The average molecular weight is 258 g/mol. The first kappa shape index (κ1) is 10.9. The Labute approximate surface area is 120 Å². The van der Waals surface area contributed by atoms with Gasteiger partial charge in [0.15, 0.2) is 0 Å². The molecule has 98 valence electrons. The lowest BCUT2D eigenvalue weighted by molar-refractivity contribution is 0.585. The monoisotopic (exact) mass is 258 g/mol. The van der Waals surface area contributed by atoms with E-state index in [-0.39, 0.29) is 0 Å². The molecule has 0 radical (unpaired) electrons. The molecule has 3 aliphatic rings. The van der Waals surface area contributed by atoms with Crippen LogP contribution in [0.3, 0.4) is 0 Å². The molecule has 0 amide bonds. The maximum absolute atomic E-state index is 2.49. The van der Waals surface area contributed by atoms with Crippen molar-refractivity contribution in [2.45, 2.75) is 25.2 Å². The van der Waals surface area contributed by atoms with Crippen molar-refractivity contribution in [3.63, 3.8) is 0 Å². The lowest BCUT2D eigenvalue weighted by Crippen LogP contribution is -2.05. The molecule has 2 aromatic carbocycles. The number of allylic oxidation sites excluding steroid dienone is 2. The number of hydrogen-bond acceptors (Lipinski definition) is 0. The topological polar surface area (TPSA) is 0 Å². The summed E-state index contributed by atoms with van der Waals surface area (Å²) in [5, 5.41) is 0. The Bertz CT molecular complexity index is 723. The highest BCUT2D eigenvalue weighted by molar-refractivity contribution is 5.77. The molecular weight excluding hydrogens is 240 g/mol. The van der Waals surface area contributed by atoms with Crippen LogP contribution < -0.4 is 0 Å². The normalized spacial score (nSPS) is 28.7. The average Bonchev–Trinajstić information content (AvgIpc) is 3.19. The second kappa shape index (κ2) is 3.85. The first-order valence-corrected chi connectivity index (χ1v) is 7.78. The van der Waals surface area contributed by atoms with Gasteiger partial charge in [0.05, 0.1) is 0 Å². The maximum Gasteiger partial charge on any atom is -0.00134 e. The Morgan fingerprint density at radius 1 is 0.800 bits per heavy atom. The van der Waals surface area contributed by atoms with Crippen LogP contribution >= 0.6 is 0 Å². The zero-order chi connectivity index (χ0) is 13.1. The van der Waals surface area contributed by atoms with Crippen molar-refractivity contribution in [3.8, 4) is 11.1 Å². The molecule has 1 fully saturated rings. The highest BCUT2D eigenvalue weighted by atomic mass is 14.4. The maximum atomic E-state index is 2.49. The minimum atomic E-state index is 0.777. The Balaban J connectivity index is 1.56. The molecule has 0 aromatic heterocycles. The van der Waals surface area contributed by atoms with Crippen molar-refractivity contribution >= 4 is 0 Å². The fraction of sp³-hybridized carbons (Fsp3) is 0.300. The Morgan fingerprint density at radius 3 is 2.55 bits per heavy atom. The summed E-state index contributed by atoms with van der Waals surface area (Å²) in [4.78, 5) is 0. The van der Waals surface area contributed by atoms with Gasteiger partial charge in [-0.05, 0) is 64.8 Å². The molecule has 0 heteroatoms. The molecule has 0 spiro atoms. The summed E-state index contributed by atoms with van der Waals surface area (Å²) >= 11 is 0. The third-order valence-electron chi connectivity index (χ3n) is 5.52. The largest absolute Gasteiger partial charge is 0.0851 e. The zero-order valence-electron chi connectivity index (χ0n) is 11.5. The van der Waals surface area contributed by atoms with Crippen LogP contribution in [0.15, 0.2) is 54.6 Å². The Kier molecular flexibility index (Phi) is 2.10. The zero-order valence-corrected chi connectivity index (χ0v) is 11.5. The third kappa shape index (κ3) is 1.42. The van der Waals surface area contributed by atoms with Gasteiger partial charge in [0.2, 0.25) is 0 Å². The van der Waals surface area contributed by atoms with Gasteiger partial charge in [0.1, 0.15) is 0 Å². The van der Waals surface area contributed by atoms with Crippen LogP contribution in [0, 0.1) is 11.8 Å². The van der Waals surface area contributed by atoms with E-state index < -0.39 is 0 Å². The predicted octanol–water partition coefficient (Wildman–Crippen LogP) is 4.94. The number of rotatable bonds is 1. The summed E-state index contributed by atoms with van der Waals surface area (Å²) in [5.41, 5.74) is 7.52. The summed E-state index contributed by atoms with van der Waals surface area (Å²) in [5.74, 6) is 2.44. The van der Waals surface area contributed by atoms with Crippen molar-refractivity contribution in [2.24, 2.45) is 11.8 Å². The summed E-state index contributed by atoms with van der Waals surface area (Å²) < 4.78 is 0. The van der Waals surface area contributed by atoms with Gasteiger partial charge in [-0.1, -0.05) is 54.6 Å². The van der Waals surface area contributed by atoms with Crippen LogP contribution in [0.4, 0.5) is 0 Å². The van der Waals surface area contributed by atoms with Crippen molar-refractivity contribution < 1.29 is 0 Å². The van der Waals surface area contributed by atoms with E-state index in [1.54, 1.807) is 5.56 Å². The molecule has 2 unspecified atom stereocenters. The van der Waals surface area contributed by atoms with Gasteiger partial charge < -0.3 is 0 Å². The molecular formula is C20H18. The molecule has 20 heavy (non-hydrogen) atoms. The number of benzene rings is 2. The van der Waals surface area contributed by atoms with E-state index in [9.17, 15) is 0 Å². The molecule has 3 atom stereocenters. The molecule has 1 saturated carbocycles. The van der Waals surface area contributed by atoms with E-state index in [4.69, 9.17) is 0 Å². The van der Waals surface area contributed by atoms with Crippen LogP contribution in [0.1, 0.15) is 35.4 Å². The van der Waals surface area contributed by atoms with Gasteiger partial charge >= 0.3 is 0 Å². The van der Waals surface area contributed by atoms with Gasteiger partial charge in [-0.25, -0.2) is 0 Å². The Hall–Kier alpha value is -1.82. The molecule has 3 aliphatic carbocycles. The van der Waals surface area contributed by atoms with Crippen molar-refractivity contribution in [3.05, 3.63) is 71.3 Å². The molecule has 5 rings (SSSR count). The van der Waals surface area contributed by atoms with E-state index in [2.05, 4.69) is 54.6 Å². The molecule has 0 aliphatic heterocycles. The van der Waals surface area contributed by atoms with Crippen LogP contribution in [0.5, 0.6) is 0 Å². The lowest BCUT2D eigenvalue weighted by atomic mass is 9.85. The fourth-order valence-corrected chi connectivity index (χ4v) is 4.56. The van der Waals surface area contributed by atoms with E-state index >= 15 is 0 Å². The van der Waals surface area contributed by atoms with E-state index in [0.29, 0.717) is 0 Å². The Morgan fingerprint density at radius 2 is 1.70 bits per heavy atom. The molecule has 2 bridgehead atoms. The molecule has 0 heterocycles. The second-order valence-corrected chi connectivity index (χ2v) is 6.64. The highest BCUT2D eigenvalue weighted by Crippen LogP contribution is 2.49. The second-order valence-electron chi connectivity index (χ2n) is 6.64. The standard InChI is InChI=1S/C20H18/c1-2-4-18-14(3-1)11-17-12-16(7-8-19(17)18)20-10-13-5-6-15(20)9-13/h1-8,12-13,15,20H,9-11H2/t13?,15?,20-/m0/s1. The molecule has 0 N–H and O–H groups in total. The smallest absolute Gasteiger partial charge is 0.00134 e. The summed E-state index contributed by atoms with van der Waals surface area (Å²) in [6.07, 6.45) is 8.77. The van der Waals surface area contributed by atoms with Gasteiger partial charge in [-0.2, -0.15) is 0 Å². The predicted molar refractivity (Wildman–Crippen MR) is 82.8 cm³/mol. The highest BCUT2D eigenvalue weighted by Gasteiger charge is 2.36. The van der Waals surface area contributed by atoms with Crippen molar-refractivity contribution in [1.82, 2.24) is 0 Å². The first-order chi connectivity index (χ1) is 9.88. The summed E-state index contributed by atoms with van der Waals surface area (Å²) in [6.45, 7) is 0. The fourth-order valence-electron chi connectivity index (χ4n) is 4.56. The first-order valence-electron chi connectivity index (χ1n) is 7.78. The van der Waals surface area contributed by atoms with E-state index in [0.717, 1.165) is 24.2 Å². The summed E-state index contributed by atoms with van der Waals surface area (Å²) in [7, 11) is 0. The van der Waals surface area contributed by atoms with Gasteiger partial charge in [0, 0.05) is 0 Å². The van der Waals surface area contributed by atoms with Gasteiger partial charge in [-0.3, -0.25) is 0 Å². The van der Waals surface area contributed by atoms with Gasteiger partial charge in [0.25, 0.3) is 0 Å². The SMILES string of the molecule is C1=CC2CC1C[C@@H]2c1ccc2c(c1)Cc1ccccc1-2. The minimum Gasteiger partial charge on any atom is -0.0851 e. The minimum absolute atomic E-state index is 0.777. The quantitative estimate of drug-likeness (QED) is 0.542. The summed E-state index contributed by atoms with van der Waals surface area (Å²) in [6, 6.07) is 16.1. The molecule has 0 saturated heterocycles. The van der Waals surface area contributed by atoms with Gasteiger partial charge in [-0.15, -0.1) is 0 Å². The van der Waals surface area contributed by atoms with E-state index in [1.807, 2.05) is 0 Å². The number of fused-ring (bicyclic) bond motifs is 5. The molecule has 0 nitrogen and oxygen atoms in total. The van der Waals surface area contributed by atoms with Crippen LogP contribution in [-0.2, 0) is 6.42 Å². The van der Waals surface area contributed by atoms with Crippen molar-refractivity contribution in [1.29, 1.82) is 0 Å². The lowest BCUT2D eigenvalue weighted by Gasteiger charge is -2.19. The van der Waals surface area contributed by atoms with Crippen molar-refractivity contribution in [2.75, 3.05) is 0 Å². The third-order valence-corrected chi connectivity index (χ3v) is 5.52. The van der Waals surface area contributed by atoms with Crippen LogP contribution in [0.2, 0.25) is 0 Å². The van der Waals surface area contributed by atoms with Crippen LogP contribution in [-0.4, -0.2) is 0 Å². The molecule has 2 aromatic rings. The number of hydrogen-bond donors (Lipinski definition) is 0. The van der Waals surface area contributed by atoms with E-state index in [1.165, 1.54) is 35.1 Å².